The van der Waals surface area contributed by atoms with Crippen molar-refractivity contribution in [3.05, 3.63) is 50.0 Å². The molecule has 0 saturated heterocycles. The molecule has 0 saturated carbocycles. The second kappa shape index (κ2) is 3.43. The Bertz CT molecular complexity index is 851. The molecule has 0 aliphatic heterocycles. The van der Waals surface area contributed by atoms with Crippen molar-refractivity contribution in [1.29, 1.82) is 0 Å². The lowest BCUT2D eigenvalue weighted by Gasteiger charge is -2.00. The van der Waals surface area contributed by atoms with Gasteiger partial charge < -0.3 is 0 Å². The molecule has 2 N–H and O–H groups in total. The van der Waals surface area contributed by atoms with E-state index >= 15 is 0 Å². The Kier molecular flexibility index (Phi) is 2.02. The second-order valence-electron chi connectivity index (χ2n) is 3.63. The lowest BCUT2D eigenvalue weighted by atomic mass is 10.2. The summed E-state index contributed by atoms with van der Waals surface area (Å²) in [6.45, 7) is 0. The third kappa shape index (κ3) is 1.52. The minimum absolute atomic E-state index is 0.114. The van der Waals surface area contributed by atoms with Gasteiger partial charge >= 0.3 is 0 Å². The number of hydrogen-bond acceptors (Lipinski definition) is 3. The maximum absolute atomic E-state index is 11.5. The fourth-order valence-electron chi connectivity index (χ4n) is 1.73. The first-order valence-electron chi connectivity index (χ1n) is 4.86. The molecule has 17 heavy (non-hydrogen) atoms. The third-order valence-electron chi connectivity index (χ3n) is 2.53. The summed E-state index contributed by atoms with van der Waals surface area (Å²) in [4.78, 5) is 27.2. The molecule has 0 spiro atoms. The van der Waals surface area contributed by atoms with Gasteiger partial charge in [-0.15, -0.1) is 0 Å². The average molecular weight is 248 g/mol. The van der Waals surface area contributed by atoms with Gasteiger partial charge in [-0.2, -0.15) is 0 Å². The van der Waals surface area contributed by atoms with E-state index in [0.717, 1.165) is 5.39 Å². The Hall–Kier alpha value is -2.14. The van der Waals surface area contributed by atoms with Gasteiger partial charge in [0.25, 0.3) is 11.1 Å². The van der Waals surface area contributed by atoms with Crippen molar-refractivity contribution in [1.82, 2.24) is 15.2 Å². The largest absolute Gasteiger partial charge is 0.289 e. The molecule has 0 amide bonds. The first-order valence-corrected chi connectivity index (χ1v) is 5.24. The monoisotopic (exact) mass is 247 g/mol. The molecule has 0 fully saturated rings. The Labute approximate surface area is 99.0 Å². The molecule has 3 rings (SSSR count). The third-order valence-corrected chi connectivity index (χ3v) is 2.76. The van der Waals surface area contributed by atoms with E-state index in [2.05, 4.69) is 15.2 Å². The van der Waals surface area contributed by atoms with Crippen molar-refractivity contribution < 1.29 is 0 Å². The lowest BCUT2D eigenvalue weighted by molar-refractivity contribution is 0.971. The summed E-state index contributed by atoms with van der Waals surface area (Å²) in [7, 11) is 0. The summed E-state index contributed by atoms with van der Waals surface area (Å²) in [6.07, 6.45) is 0. The van der Waals surface area contributed by atoms with Crippen molar-refractivity contribution in [3.63, 3.8) is 0 Å². The SMILES string of the molecule is O=c1[nH][nH]c(=O)c2nc3cc(Cl)ccc3cc12. The number of fused-ring (bicyclic) bond motifs is 2. The zero-order valence-corrected chi connectivity index (χ0v) is 9.21. The molecule has 2 aromatic heterocycles. The highest BCUT2D eigenvalue weighted by Gasteiger charge is 2.06. The predicted octanol–water partition coefficient (Wildman–Crippen LogP) is 1.42. The number of H-pyrrole nitrogens is 2. The van der Waals surface area contributed by atoms with E-state index in [9.17, 15) is 9.59 Å². The molecule has 2 heterocycles. The Morgan fingerprint density at radius 3 is 2.65 bits per heavy atom. The molecule has 0 radical (unpaired) electrons. The van der Waals surface area contributed by atoms with E-state index in [-0.39, 0.29) is 16.5 Å². The Morgan fingerprint density at radius 2 is 1.82 bits per heavy atom. The van der Waals surface area contributed by atoms with E-state index in [1.807, 2.05) is 0 Å². The van der Waals surface area contributed by atoms with Crippen molar-refractivity contribution in [2.75, 3.05) is 0 Å². The quantitative estimate of drug-likeness (QED) is 0.590. The van der Waals surface area contributed by atoms with E-state index in [0.29, 0.717) is 10.5 Å². The summed E-state index contributed by atoms with van der Waals surface area (Å²) in [5, 5.41) is 6.06. The molecule has 0 bridgehead atoms. The Morgan fingerprint density at radius 1 is 1.06 bits per heavy atom. The molecule has 5 nitrogen and oxygen atoms in total. The zero-order chi connectivity index (χ0) is 12.0. The summed E-state index contributed by atoms with van der Waals surface area (Å²) < 4.78 is 0. The van der Waals surface area contributed by atoms with Gasteiger partial charge in [0.1, 0.15) is 5.52 Å². The van der Waals surface area contributed by atoms with Crippen LogP contribution in [0.4, 0.5) is 0 Å². The van der Waals surface area contributed by atoms with E-state index in [1.54, 1.807) is 24.3 Å². The van der Waals surface area contributed by atoms with Gasteiger partial charge in [-0.3, -0.25) is 19.8 Å². The summed E-state index contributed by atoms with van der Waals surface area (Å²) in [6, 6.07) is 6.74. The van der Waals surface area contributed by atoms with Crippen LogP contribution in [0, 0.1) is 0 Å². The molecule has 0 unspecified atom stereocenters. The first-order chi connectivity index (χ1) is 8.15. The fraction of sp³-hybridized carbons (Fsp3) is 0. The summed E-state index contributed by atoms with van der Waals surface area (Å²) in [5.41, 5.74) is -0.102. The molecule has 1 aromatic carbocycles. The molecular formula is C11H6ClN3O2. The van der Waals surface area contributed by atoms with E-state index in [1.165, 1.54) is 0 Å². The van der Waals surface area contributed by atoms with Crippen LogP contribution in [-0.2, 0) is 0 Å². The van der Waals surface area contributed by atoms with Crippen LogP contribution in [0.3, 0.4) is 0 Å². The minimum atomic E-state index is -0.429. The highest BCUT2D eigenvalue weighted by atomic mass is 35.5. The molecule has 6 heteroatoms. The first kappa shape index (κ1) is 10.0. The van der Waals surface area contributed by atoms with Gasteiger partial charge in [-0.25, -0.2) is 4.98 Å². The van der Waals surface area contributed by atoms with Crippen molar-refractivity contribution in [2.24, 2.45) is 0 Å². The number of pyridine rings is 1. The van der Waals surface area contributed by atoms with Crippen LogP contribution in [-0.4, -0.2) is 15.2 Å². The number of hydrogen-bond donors (Lipinski definition) is 2. The molecule has 84 valence electrons. The number of rotatable bonds is 0. The van der Waals surface area contributed by atoms with Crippen LogP contribution in [0.1, 0.15) is 0 Å². The number of nitrogens with zero attached hydrogens (tertiary/aromatic N) is 1. The van der Waals surface area contributed by atoms with Gasteiger partial charge in [0.05, 0.1) is 10.9 Å². The summed E-state index contributed by atoms with van der Waals surface area (Å²) >= 11 is 5.85. The smallest absolute Gasteiger partial charge is 0.267 e. The van der Waals surface area contributed by atoms with E-state index < -0.39 is 5.56 Å². The highest BCUT2D eigenvalue weighted by Crippen LogP contribution is 2.19. The van der Waals surface area contributed by atoms with Crippen LogP contribution in [0.15, 0.2) is 33.9 Å². The van der Waals surface area contributed by atoms with Crippen LogP contribution in [0.5, 0.6) is 0 Å². The average Bonchev–Trinajstić information content (AvgIpc) is 2.32. The van der Waals surface area contributed by atoms with Gasteiger partial charge in [0.2, 0.25) is 0 Å². The molecule has 3 aromatic rings. The number of aromatic amines is 2. The Balaban J connectivity index is 2.61. The van der Waals surface area contributed by atoms with Gasteiger partial charge in [-0.05, 0) is 18.2 Å². The van der Waals surface area contributed by atoms with Crippen molar-refractivity contribution in [3.8, 4) is 0 Å². The van der Waals surface area contributed by atoms with Gasteiger partial charge in [0.15, 0.2) is 0 Å². The zero-order valence-electron chi connectivity index (χ0n) is 8.45. The van der Waals surface area contributed by atoms with Crippen molar-refractivity contribution >= 4 is 33.4 Å². The van der Waals surface area contributed by atoms with Gasteiger partial charge in [0, 0.05) is 10.4 Å². The number of benzene rings is 1. The maximum Gasteiger partial charge on any atom is 0.289 e. The van der Waals surface area contributed by atoms with Crippen LogP contribution >= 0.6 is 11.6 Å². The van der Waals surface area contributed by atoms with Crippen molar-refractivity contribution in [2.45, 2.75) is 0 Å². The lowest BCUT2D eigenvalue weighted by Crippen LogP contribution is -2.19. The predicted molar refractivity (Wildman–Crippen MR) is 65.5 cm³/mol. The molecule has 0 aliphatic carbocycles. The van der Waals surface area contributed by atoms with Crippen LogP contribution in [0.2, 0.25) is 5.02 Å². The number of aromatic nitrogens is 3. The fourth-order valence-corrected chi connectivity index (χ4v) is 1.89. The number of nitrogens with one attached hydrogen (secondary N) is 2. The number of halogens is 1. The normalized spacial score (nSPS) is 11.1. The molecular weight excluding hydrogens is 242 g/mol. The van der Waals surface area contributed by atoms with E-state index in [4.69, 9.17) is 11.6 Å². The van der Waals surface area contributed by atoms with Crippen LogP contribution < -0.4 is 11.1 Å². The maximum atomic E-state index is 11.5. The summed E-state index contributed by atoms with van der Waals surface area (Å²) in [5.74, 6) is 0. The topological polar surface area (TPSA) is 78.6 Å². The minimum Gasteiger partial charge on any atom is -0.267 e. The highest BCUT2D eigenvalue weighted by molar-refractivity contribution is 6.31. The molecule has 0 atom stereocenters. The second-order valence-corrected chi connectivity index (χ2v) is 4.07. The van der Waals surface area contributed by atoms with Crippen LogP contribution in [0.25, 0.3) is 21.8 Å². The molecule has 0 aliphatic rings. The van der Waals surface area contributed by atoms with Gasteiger partial charge in [-0.1, -0.05) is 17.7 Å². The standard InChI is InChI=1S/C11H6ClN3O2/c12-6-2-1-5-3-7-9(13-8(5)4-6)11(17)15-14-10(7)16/h1-4H,(H,14,16)(H,15,17).